The summed E-state index contributed by atoms with van der Waals surface area (Å²) < 4.78 is 1.41. The first kappa shape index (κ1) is 14.0. The van der Waals surface area contributed by atoms with Crippen molar-refractivity contribution in [1.29, 1.82) is 0 Å². The highest BCUT2D eigenvalue weighted by Gasteiger charge is 2.23. The van der Waals surface area contributed by atoms with Gasteiger partial charge in [-0.05, 0) is 29.5 Å². The average molecular weight is 296 g/mol. The van der Waals surface area contributed by atoms with E-state index in [1.54, 1.807) is 19.1 Å². The number of aromatic nitrogens is 2. The fourth-order valence-corrected chi connectivity index (χ4v) is 1.91. The number of carbonyl (C=O) groups is 1. The van der Waals surface area contributed by atoms with E-state index in [-0.39, 0.29) is 22.9 Å². The minimum Gasteiger partial charge on any atom is -0.478 e. The lowest BCUT2D eigenvalue weighted by molar-refractivity contribution is -0.389. The monoisotopic (exact) mass is 295 g/mol. The molecule has 1 aromatic heterocycles. The van der Waals surface area contributed by atoms with Crippen LogP contribution in [0.5, 0.6) is 0 Å². The number of carboxylic acids is 1. The quantitative estimate of drug-likeness (QED) is 0.690. The Morgan fingerprint density at radius 3 is 2.50 bits per heavy atom. The van der Waals surface area contributed by atoms with Crippen LogP contribution in [-0.4, -0.2) is 25.8 Å². The van der Waals surface area contributed by atoms with Crippen LogP contribution in [0.15, 0.2) is 24.3 Å². The van der Waals surface area contributed by atoms with Gasteiger partial charge in [0.05, 0.1) is 22.9 Å². The van der Waals surface area contributed by atoms with Crippen molar-refractivity contribution in [2.75, 3.05) is 0 Å². The third kappa shape index (κ3) is 2.62. The molecule has 0 bridgehead atoms. The van der Waals surface area contributed by atoms with Gasteiger partial charge in [-0.3, -0.25) is 0 Å². The molecule has 0 amide bonds. The third-order valence-corrected chi connectivity index (χ3v) is 3.27. The summed E-state index contributed by atoms with van der Waals surface area (Å²) in [6.07, 6.45) is 0. The van der Waals surface area contributed by atoms with Crippen molar-refractivity contribution in [3.63, 3.8) is 0 Å². The first-order valence-electron chi connectivity index (χ1n) is 5.59. The van der Waals surface area contributed by atoms with E-state index in [0.29, 0.717) is 5.69 Å². The van der Waals surface area contributed by atoms with Crippen LogP contribution < -0.4 is 0 Å². The van der Waals surface area contributed by atoms with Crippen molar-refractivity contribution in [3.8, 4) is 0 Å². The number of nitrogens with zero attached hydrogens (tertiary/aromatic N) is 3. The predicted octanol–water partition coefficient (Wildman–Crippen LogP) is 2.50. The molecule has 7 nitrogen and oxygen atoms in total. The van der Waals surface area contributed by atoms with Crippen LogP contribution in [-0.2, 0) is 6.54 Å². The van der Waals surface area contributed by atoms with E-state index in [4.69, 9.17) is 16.7 Å². The third-order valence-electron chi connectivity index (χ3n) is 2.82. The topological polar surface area (TPSA) is 98.3 Å². The molecule has 0 fully saturated rings. The zero-order valence-corrected chi connectivity index (χ0v) is 11.2. The summed E-state index contributed by atoms with van der Waals surface area (Å²) in [5, 5.41) is 23.4. The highest BCUT2D eigenvalue weighted by molar-refractivity contribution is 6.33. The molecule has 1 heterocycles. The van der Waals surface area contributed by atoms with Crippen LogP contribution in [0.3, 0.4) is 0 Å². The van der Waals surface area contributed by atoms with E-state index in [2.05, 4.69) is 5.10 Å². The van der Waals surface area contributed by atoms with Gasteiger partial charge in [0, 0.05) is 0 Å². The fourth-order valence-electron chi connectivity index (χ4n) is 1.70. The highest BCUT2D eigenvalue weighted by atomic mass is 35.5. The van der Waals surface area contributed by atoms with E-state index in [0.717, 1.165) is 5.56 Å². The minimum atomic E-state index is -1.01. The van der Waals surface area contributed by atoms with Gasteiger partial charge in [-0.15, -0.1) is 0 Å². The van der Waals surface area contributed by atoms with Crippen molar-refractivity contribution < 1.29 is 14.8 Å². The Kier molecular flexibility index (Phi) is 3.71. The van der Waals surface area contributed by atoms with Crippen molar-refractivity contribution in [3.05, 3.63) is 56.2 Å². The lowest BCUT2D eigenvalue weighted by Crippen LogP contribution is -2.05. The van der Waals surface area contributed by atoms with E-state index in [1.165, 1.54) is 16.8 Å². The number of hydrogen-bond donors (Lipinski definition) is 1. The van der Waals surface area contributed by atoms with Crippen LogP contribution in [0.25, 0.3) is 0 Å². The summed E-state index contributed by atoms with van der Waals surface area (Å²) >= 11 is 5.84. The van der Waals surface area contributed by atoms with Crippen molar-refractivity contribution >= 4 is 23.4 Å². The summed E-state index contributed by atoms with van der Waals surface area (Å²) in [5.41, 5.74) is 1.43. The molecule has 2 aromatic rings. The number of hydrogen-bond acceptors (Lipinski definition) is 4. The molecule has 0 aliphatic carbocycles. The Hall–Kier alpha value is -2.41. The first-order chi connectivity index (χ1) is 9.40. The van der Waals surface area contributed by atoms with Gasteiger partial charge in [-0.1, -0.05) is 23.7 Å². The zero-order chi connectivity index (χ0) is 14.9. The summed E-state index contributed by atoms with van der Waals surface area (Å²) in [6, 6.07) is 6.19. The molecule has 0 saturated heterocycles. The van der Waals surface area contributed by atoms with E-state index < -0.39 is 10.9 Å². The second-order valence-electron chi connectivity index (χ2n) is 4.14. The Bertz CT molecular complexity index is 679. The van der Waals surface area contributed by atoms with Gasteiger partial charge in [-0.25, -0.2) is 4.79 Å². The maximum atomic E-state index is 10.7. The first-order valence-corrected chi connectivity index (χ1v) is 5.97. The normalized spacial score (nSPS) is 10.5. The van der Waals surface area contributed by atoms with Gasteiger partial charge in [0.15, 0.2) is 5.02 Å². The average Bonchev–Trinajstić information content (AvgIpc) is 2.68. The maximum Gasteiger partial charge on any atom is 0.408 e. The smallest absolute Gasteiger partial charge is 0.408 e. The molecular weight excluding hydrogens is 286 g/mol. The molecule has 104 valence electrons. The van der Waals surface area contributed by atoms with E-state index in [9.17, 15) is 14.9 Å². The Balaban J connectivity index is 2.28. The zero-order valence-electron chi connectivity index (χ0n) is 10.4. The molecule has 0 aliphatic heterocycles. The molecule has 20 heavy (non-hydrogen) atoms. The minimum absolute atomic E-state index is 0.0113. The number of halogens is 1. The van der Waals surface area contributed by atoms with Crippen LogP contribution in [0.1, 0.15) is 21.6 Å². The fraction of sp³-hybridized carbons (Fsp3) is 0.167. The summed E-state index contributed by atoms with van der Waals surface area (Å²) in [4.78, 5) is 20.8. The van der Waals surface area contributed by atoms with Gasteiger partial charge in [0.25, 0.3) is 0 Å². The Morgan fingerprint density at radius 2 is 2.05 bits per heavy atom. The second-order valence-corrected chi connectivity index (χ2v) is 4.52. The van der Waals surface area contributed by atoms with Crippen LogP contribution in [0.4, 0.5) is 5.82 Å². The Morgan fingerprint density at radius 1 is 1.45 bits per heavy atom. The van der Waals surface area contributed by atoms with E-state index in [1.807, 2.05) is 0 Å². The van der Waals surface area contributed by atoms with Gasteiger partial charge in [-0.2, -0.15) is 4.68 Å². The molecule has 8 heteroatoms. The summed E-state index contributed by atoms with van der Waals surface area (Å²) in [7, 11) is 0. The summed E-state index contributed by atoms with van der Waals surface area (Å²) in [5.74, 6) is -1.39. The molecule has 2 rings (SSSR count). The Labute approximate surface area is 118 Å². The summed E-state index contributed by atoms with van der Waals surface area (Å²) in [6.45, 7) is 1.91. The number of benzene rings is 1. The molecule has 0 unspecified atom stereocenters. The molecule has 0 saturated carbocycles. The van der Waals surface area contributed by atoms with Crippen molar-refractivity contribution in [2.45, 2.75) is 13.5 Å². The molecule has 0 aliphatic rings. The number of nitro groups is 1. The lowest BCUT2D eigenvalue weighted by atomic mass is 10.1. The SMILES string of the molecule is Cc1c(Cl)c([N+](=O)[O-])nn1Cc1ccc(C(=O)O)cc1. The standard InChI is InChI=1S/C12H10ClN3O4/c1-7-10(13)11(16(19)20)14-15(7)6-8-2-4-9(5-3-8)12(17)18/h2-5H,6H2,1H3,(H,17,18). The molecule has 0 spiro atoms. The van der Waals surface area contributed by atoms with Crippen LogP contribution >= 0.6 is 11.6 Å². The second kappa shape index (κ2) is 5.30. The van der Waals surface area contributed by atoms with Gasteiger partial charge >= 0.3 is 11.8 Å². The van der Waals surface area contributed by atoms with Gasteiger partial charge in [0.1, 0.15) is 0 Å². The highest BCUT2D eigenvalue weighted by Crippen LogP contribution is 2.26. The predicted molar refractivity (Wildman–Crippen MR) is 71.1 cm³/mol. The largest absolute Gasteiger partial charge is 0.478 e. The van der Waals surface area contributed by atoms with Gasteiger partial charge < -0.3 is 15.2 Å². The van der Waals surface area contributed by atoms with Crippen molar-refractivity contribution in [1.82, 2.24) is 9.78 Å². The van der Waals surface area contributed by atoms with Gasteiger partial charge in [0.2, 0.25) is 0 Å². The number of aromatic carboxylic acids is 1. The van der Waals surface area contributed by atoms with Crippen molar-refractivity contribution in [2.24, 2.45) is 0 Å². The van der Waals surface area contributed by atoms with Crippen LogP contribution in [0.2, 0.25) is 5.02 Å². The maximum absolute atomic E-state index is 10.7. The van der Waals surface area contributed by atoms with E-state index >= 15 is 0 Å². The number of carboxylic acid groups (broad SMARTS) is 1. The molecule has 1 aromatic carbocycles. The van der Waals surface area contributed by atoms with Crippen LogP contribution in [0, 0.1) is 17.0 Å². The molecule has 0 radical (unpaired) electrons. The lowest BCUT2D eigenvalue weighted by Gasteiger charge is -2.01. The number of rotatable bonds is 4. The molecular formula is C12H10ClN3O4. The molecule has 1 N–H and O–H groups in total. The molecule has 0 atom stereocenters.